The van der Waals surface area contributed by atoms with Crippen molar-refractivity contribution in [3.05, 3.63) is 57.8 Å². The molecule has 174 valence electrons. The van der Waals surface area contributed by atoms with Crippen molar-refractivity contribution in [2.75, 3.05) is 11.9 Å². The summed E-state index contributed by atoms with van der Waals surface area (Å²) in [5.41, 5.74) is 2.75. The summed E-state index contributed by atoms with van der Waals surface area (Å²) in [4.78, 5) is 13.1. The number of hydrogen-bond acceptors (Lipinski definition) is 3. The number of nitrogens with one attached hydrogen (secondary N) is 1. The summed E-state index contributed by atoms with van der Waals surface area (Å²) in [5, 5.41) is 2.98. The van der Waals surface area contributed by atoms with Crippen molar-refractivity contribution >= 4 is 37.5 Å². The van der Waals surface area contributed by atoms with Gasteiger partial charge in [-0.1, -0.05) is 49.0 Å². The van der Waals surface area contributed by atoms with Gasteiger partial charge in [-0.05, 0) is 73.2 Å². The van der Waals surface area contributed by atoms with Crippen LogP contribution in [0.1, 0.15) is 57.1 Å². The number of amides is 1. The maximum absolute atomic E-state index is 13.4. The van der Waals surface area contributed by atoms with Crippen LogP contribution in [0.2, 0.25) is 0 Å². The molecule has 0 atom stereocenters. The number of sulfonamides is 1. The average Bonchev–Trinajstić information content (AvgIpc) is 2.79. The second-order valence-electron chi connectivity index (χ2n) is 8.15. The summed E-state index contributed by atoms with van der Waals surface area (Å²) in [7, 11) is -3.94. The molecule has 0 saturated heterocycles. The number of benzene rings is 2. The fourth-order valence-electron chi connectivity index (χ4n) is 4.29. The van der Waals surface area contributed by atoms with Crippen molar-refractivity contribution in [3.8, 4) is 0 Å². The number of hydrogen-bond donors (Lipinski definition) is 1. The zero-order valence-electron chi connectivity index (χ0n) is 18.5. The zero-order valence-corrected chi connectivity index (χ0v) is 20.9. The van der Waals surface area contributed by atoms with Crippen molar-refractivity contribution in [2.24, 2.45) is 0 Å². The lowest BCUT2D eigenvalue weighted by Crippen LogP contribution is -2.45. The van der Waals surface area contributed by atoms with E-state index in [-0.39, 0.29) is 23.4 Å². The molecule has 8 heteroatoms. The molecular weight excluding hydrogens is 495 g/mol. The zero-order chi connectivity index (χ0) is 23.3. The third-order valence-electron chi connectivity index (χ3n) is 5.99. The molecule has 3 rings (SSSR count). The van der Waals surface area contributed by atoms with Crippen molar-refractivity contribution in [1.29, 1.82) is 0 Å². The Labute approximate surface area is 198 Å². The smallest absolute Gasteiger partial charge is 0.243 e. The van der Waals surface area contributed by atoms with E-state index in [0.717, 1.165) is 65.5 Å². The van der Waals surface area contributed by atoms with Gasteiger partial charge in [0.25, 0.3) is 0 Å². The Kier molecular flexibility index (Phi) is 8.47. The third kappa shape index (κ3) is 5.77. The molecule has 0 heterocycles. The lowest BCUT2D eigenvalue weighted by atomic mass is 9.95. The van der Waals surface area contributed by atoms with Gasteiger partial charge in [-0.2, -0.15) is 4.31 Å². The van der Waals surface area contributed by atoms with Gasteiger partial charge < -0.3 is 5.32 Å². The second-order valence-corrected chi connectivity index (χ2v) is 11.0. The van der Waals surface area contributed by atoms with Crippen LogP contribution in [0.5, 0.6) is 0 Å². The Morgan fingerprint density at radius 1 is 1.06 bits per heavy atom. The minimum atomic E-state index is -3.94. The van der Waals surface area contributed by atoms with Crippen molar-refractivity contribution in [2.45, 2.75) is 69.7 Å². The summed E-state index contributed by atoms with van der Waals surface area (Å²) in [5.74, 6) is -0.867. The number of anilines is 1. The van der Waals surface area contributed by atoms with Crippen LogP contribution in [0.15, 0.2) is 45.8 Å². The molecule has 0 spiro atoms. The van der Waals surface area contributed by atoms with E-state index in [1.54, 1.807) is 0 Å². The van der Waals surface area contributed by atoms with E-state index in [2.05, 4.69) is 21.2 Å². The van der Waals surface area contributed by atoms with Crippen molar-refractivity contribution in [1.82, 2.24) is 4.31 Å². The number of nitrogens with zero attached hydrogens (tertiary/aromatic N) is 1. The summed E-state index contributed by atoms with van der Waals surface area (Å²) in [6, 6.07) is 8.50. The highest BCUT2D eigenvalue weighted by atomic mass is 79.9. The minimum absolute atomic E-state index is 0.00408. The molecule has 0 unspecified atom stereocenters. The minimum Gasteiger partial charge on any atom is -0.324 e. The van der Waals surface area contributed by atoms with Crippen LogP contribution >= 0.6 is 15.9 Å². The molecule has 1 saturated carbocycles. The van der Waals surface area contributed by atoms with Crippen LogP contribution in [0.25, 0.3) is 0 Å². The van der Waals surface area contributed by atoms with Crippen molar-refractivity contribution < 1.29 is 17.6 Å². The molecule has 1 aliphatic rings. The quantitative estimate of drug-likeness (QED) is 0.483. The molecule has 0 radical (unpaired) electrons. The van der Waals surface area contributed by atoms with Gasteiger partial charge >= 0.3 is 0 Å². The van der Waals surface area contributed by atoms with Gasteiger partial charge in [0.2, 0.25) is 15.9 Å². The van der Waals surface area contributed by atoms with E-state index in [4.69, 9.17) is 0 Å². The molecule has 1 aliphatic carbocycles. The molecule has 0 aliphatic heterocycles. The molecule has 2 aromatic rings. The SMILES string of the molecule is CCc1cc(Br)cc(CC)c1NC(=O)CN(C1CCCCC1)S(=O)(=O)c1ccc(F)cc1. The predicted molar refractivity (Wildman–Crippen MR) is 129 cm³/mol. The maximum atomic E-state index is 13.4. The fraction of sp³-hybridized carbons (Fsp3) is 0.458. The lowest BCUT2D eigenvalue weighted by molar-refractivity contribution is -0.116. The number of carbonyl (C=O) groups is 1. The normalized spacial score (nSPS) is 15.2. The van der Waals surface area contributed by atoms with Gasteiger partial charge in [0.15, 0.2) is 0 Å². The van der Waals surface area contributed by atoms with Crippen LogP contribution in [-0.2, 0) is 27.7 Å². The lowest BCUT2D eigenvalue weighted by Gasteiger charge is -2.33. The molecule has 5 nitrogen and oxygen atoms in total. The van der Waals surface area contributed by atoms with Gasteiger partial charge in [0.1, 0.15) is 5.82 Å². The van der Waals surface area contributed by atoms with E-state index >= 15 is 0 Å². The Morgan fingerprint density at radius 3 is 2.16 bits per heavy atom. The average molecular weight is 525 g/mol. The molecule has 32 heavy (non-hydrogen) atoms. The van der Waals surface area contributed by atoms with Gasteiger partial charge in [-0.3, -0.25) is 4.79 Å². The molecule has 1 N–H and O–H groups in total. The monoisotopic (exact) mass is 524 g/mol. The van der Waals surface area contributed by atoms with E-state index < -0.39 is 15.8 Å². The highest BCUT2D eigenvalue weighted by Crippen LogP contribution is 2.30. The summed E-state index contributed by atoms with van der Waals surface area (Å²) >= 11 is 3.52. The molecular formula is C24H30BrFN2O3S. The van der Waals surface area contributed by atoms with Gasteiger partial charge in [-0.15, -0.1) is 0 Å². The largest absolute Gasteiger partial charge is 0.324 e. The fourth-order valence-corrected chi connectivity index (χ4v) is 6.48. The van der Waals surface area contributed by atoms with Crippen LogP contribution in [-0.4, -0.2) is 31.2 Å². The first-order valence-electron chi connectivity index (χ1n) is 11.1. The summed E-state index contributed by atoms with van der Waals surface area (Å²) in [6.07, 6.45) is 5.82. The molecule has 0 aromatic heterocycles. The van der Waals surface area contributed by atoms with Gasteiger partial charge in [0.05, 0.1) is 11.4 Å². The summed E-state index contributed by atoms with van der Waals surface area (Å²) < 4.78 is 42.5. The first-order chi connectivity index (χ1) is 15.3. The highest BCUT2D eigenvalue weighted by molar-refractivity contribution is 9.10. The Balaban J connectivity index is 1.90. The first kappa shape index (κ1) is 24.9. The van der Waals surface area contributed by atoms with Gasteiger partial charge in [0, 0.05) is 16.2 Å². The standard InChI is InChI=1S/C24H30BrFN2O3S/c1-3-17-14-19(25)15-18(4-2)24(17)27-23(29)16-28(21-8-6-5-7-9-21)32(30,31)22-12-10-20(26)11-13-22/h10-15,21H,3-9,16H2,1-2H3,(H,27,29). The van der Waals surface area contributed by atoms with Gasteiger partial charge in [-0.25, -0.2) is 12.8 Å². The maximum Gasteiger partial charge on any atom is 0.243 e. The third-order valence-corrected chi connectivity index (χ3v) is 8.36. The summed E-state index contributed by atoms with van der Waals surface area (Å²) in [6.45, 7) is 3.77. The number of rotatable bonds is 8. The van der Waals surface area contributed by atoms with Crippen LogP contribution in [0.3, 0.4) is 0 Å². The van der Waals surface area contributed by atoms with Crippen LogP contribution in [0.4, 0.5) is 10.1 Å². The first-order valence-corrected chi connectivity index (χ1v) is 13.4. The Bertz CT molecular complexity index is 1030. The molecule has 2 aromatic carbocycles. The van der Waals surface area contributed by atoms with Crippen LogP contribution in [0, 0.1) is 5.82 Å². The van der Waals surface area contributed by atoms with E-state index in [0.29, 0.717) is 12.8 Å². The van der Waals surface area contributed by atoms with E-state index in [1.807, 2.05) is 26.0 Å². The number of halogens is 2. The highest BCUT2D eigenvalue weighted by Gasteiger charge is 2.34. The second kappa shape index (κ2) is 10.9. The van der Waals surface area contributed by atoms with Crippen LogP contribution < -0.4 is 5.32 Å². The number of aryl methyl sites for hydroxylation is 2. The Morgan fingerprint density at radius 2 is 1.62 bits per heavy atom. The van der Waals surface area contributed by atoms with E-state index in [9.17, 15) is 17.6 Å². The van der Waals surface area contributed by atoms with Crippen molar-refractivity contribution in [3.63, 3.8) is 0 Å². The topological polar surface area (TPSA) is 66.5 Å². The predicted octanol–water partition coefficient (Wildman–Crippen LogP) is 5.68. The molecule has 0 bridgehead atoms. The van der Waals surface area contributed by atoms with E-state index in [1.165, 1.54) is 16.4 Å². The Hall–Kier alpha value is -1.77. The molecule has 1 amide bonds. The molecule has 1 fully saturated rings. The number of carbonyl (C=O) groups excluding carboxylic acids is 1.